The van der Waals surface area contributed by atoms with Crippen LogP contribution in [0, 0.1) is 17.6 Å². The molecule has 0 aliphatic rings. The number of nitrogens with one attached hydrogen (secondary N) is 1. The van der Waals surface area contributed by atoms with E-state index >= 15 is 0 Å². The van der Waals surface area contributed by atoms with Gasteiger partial charge in [-0.15, -0.1) is 0 Å². The van der Waals surface area contributed by atoms with Crippen molar-refractivity contribution in [2.45, 2.75) is 46.2 Å². The van der Waals surface area contributed by atoms with Crippen molar-refractivity contribution in [1.29, 1.82) is 0 Å². The van der Waals surface area contributed by atoms with Crippen molar-refractivity contribution in [3.05, 3.63) is 65.7 Å². The Hall–Kier alpha value is -3.01. The van der Waals surface area contributed by atoms with Gasteiger partial charge in [0.15, 0.2) is 0 Å². The Morgan fingerprint density at radius 2 is 1.57 bits per heavy atom. The number of benzene rings is 2. The van der Waals surface area contributed by atoms with E-state index in [0.717, 1.165) is 16.6 Å². The molecule has 2 aromatic rings. The lowest BCUT2D eigenvalue weighted by Gasteiger charge is -2.29. The molecule has 0 bridgehead atoms. The zero-order chi connectivity index (χ0) is 26.2. The lowest BCUT2D eigenvalue weighted by Crippen LogP contribution is -2.48. The summed E-state index contributed by atoms with van der Waals surface area (Å²) in [7, 11) is -3.80. The standard InChI is InChI=1S/C25H33F2N3O4S/c1-18(2)16-28-25(32)19(3)29(17-20-10-5-6-11-21(20)26)24(31)14-9-15-30(35(4,33)34)23-13-8-7-12-22(23)27/h5-8,10-13,18-19H,9,14-17H2,1-4H3,(H,28,32)/t19-/m0/s1. The number of carbonyl (C=O) groups is 2. The second-order valence-corrected chi connectivity index (χ2v) is 10.7. The van der Waals surface area contributed by atoms with E-state index in [1.54, 1.807) is 13.0 Å². The summed E-state index contributed by atoms with van der Waals surface area (Å²) < 4.78 is 54.0. The molecule has 2 rings (SSSR count). The monoisotopic (exact) mass is 509 g/mol. The number of amides is 2. The number of carbonyl (C=O) groups excluding carboxylic acids is 2. The number of sulfonamides is 1. The average molecular weight is 510 g/mol. The molecule has 7 nitrogen and oxygen atoms in total. The highest BCUT2D eigenvalue weighted by Gasteiger charge is 2.27. The maximum atomic E-state index is 14.3. The molecule has 0 spiro atoms. The predicted octanol–water partition coefficient (Wildman–Crippen LogP) is 3.70. The summed E-state index contributed by atoms with van der Waals surface area (Å²) in [5.41, 5.74) is 0.153. The van der Waals surface area contributed by atoms with Gasteiger partial charge in [-0.2, -0.15) is 0 Å². The second-order valence-electron chi connectivity index (χ2n) is 8.82. The van der Waals surface area contributed by atoms with Crippen LogP contribution in [0.2, 0.25) is 0 Å². The molecule has 0 radical (unpaired) electrons. The van der Waals surface area contributed by atoms with Crippen LogP contribution in [-0.2, 0) is 26.2 Å². The first kappa shape index (κ1) is 28.2. The van der Waals surface area contributed by atoms with Gasteiger partial charge in [0.05, 0.1) is 11.9 Å². The number of anilines is 1. The van der Waals surface area contributed by atoms with E-state index in [0.29, 0.717) is 6.54 Å². The van der Waals surface area contributed by atoms with Gasteiger partial charge in [-0.25, -0.2) is 17.2 Å². The SMILES string of the molecule is CC(C)CNC(=O)[C@H](C)N(Cc1ccccc1F)C(=O)CCCN(c1ccccc1F)S(C)(=O)=O. The van der Waals surface area contributed by atoms with E-state index in [1.807, 2.05) is 13.8 Å². The normalized spacial score (nSPS) is 12.3. The van der Waals surface area contributed by atoms with Gasteiger partial charge in [-0.3, -0.25) is 13.9 Å². The van der Waals surface area contributed by atoms with Crippen molar-refractivity contribution < 1.29 is 26.8 Å². The van der Waals surface area contributed by atoms with Crippen LogP contribution in [-0.4, -0.2) is 50.5 Å². The maximum absolute atomic E-state index is 14.3. The van der Waals surface area contributed by atoms with E-state index in [-0.39, 0.29) is 49.0 Å². The van der Waals surface area contributed by atoms with Gasteiger partial charge in [0.25, 0.3) is 0 Å². The van der Waals surface area contributed by atoms with Crippen LogP contribution >= 0.6 is 0 Å². The van der Waals surface area contributed by atoms with Gasteiger partial charge in [-0.1, -0.05) is 44.2 Å². The molecule has 0 saturated heterocycles. The van der Waals surface area contributed by atoms with E-state index < -0.39 is 33.6 Å². The minimum absolute atomic E-state index is 0.0777. The van der Waals surface area contributed by atoms with Crippen molar-refractivity contribution in [2.75, 3.05) is 23.7 Å². The summed E-state index contributed by atoms with van der Waals surface area (Å²) >= 11 is 0. The van der Waals surface area contributed by atoms with Crippen LogP contribution in [0.4, 0.5) is 14.5 Å². The topological polar surface area (TPSA) is 86.8 Å². The van der Waals surface area contributed by atoms with E-state index in [4.69, 9.17) is 0 Å². The summed E-state index contributed by atoms with van der Waals surface area (Å²) in [5, 5.41) is 2.78. The van der Waals surface area contributed by atoms with Gasteiger partial charge in [-0.05, 0) is 37.5 Å². The van der Waals surface area contributed by atoms with Crippen molar-refractivity contribution in [1.82, 2.24) is 10.2 Å². The van der Waals surface area contributed by atoms with Gasteiger partial charge >= 0.3 is 0 Å². The Balaban J connectivity index is 2.18. The summed E-state index contributed by atoms with van der Waals surface area (Å²) in [4.78, 5) is 27.1. The molecule has 35 heavy (non-hydrogen) atoms. The summed E-state index contributed by atoms with van der Waals surface area (Å²) in [6.07, 6.45) is 0.929. The van der Waals surface area contributed by atoms with Crippen LogP contribution in [0.15, 0.2) is 48.5 Å². The quantitative estimate of drug-likeness (QED) is 0.473. The van der Waals surface area contributed by atoms with Crippen LogP contribution in [0.5, 0.6) is 0 Å². The molecule has 2 aromatic carbocycles. The fraction of sp³-hybridized carbons (Fsp3) is 0.440. The Bertz CT molecular complexity index is 1130. The third kappa shape index (κ3) is 8.31. The molecule has 0 aliphatic carbocycles. The number of halogens is 2. The molecule has 0 aliphatic heterocycles. The van der Waals surface area contributed by atoms with Gasteiger partial charge < -0.3 is 10.2 Å². The largest absolute Gasteiger partial charge is 0.354 e. The minimum Gasteiger partial charge on any atom is -0.354 e. The zero-order valence-corrected chi connectivity index (χ0v) is 21.3. The Labute approximate surface area is 206 Å². The first-order valence-electron chi connectivity index (χ1n) is 11.4. The highest BCUT2D eigenvalue weighted by molar-refractivity contribution is 7.92. The average Bonchev–Trinajstić information content (AvgIpc) is 2.79. The molecule has 1 atom stereocenters. The van der Waals surface area contributed by atoms with Gasteiger partial charge in [0.1, 0.15) is 17.7 Å². The number of para-hydroxylation sites is 1. The molecular weight excluding hydrogens is 476 g/mol. The highest BCUT2D eigenvalue weighted by atomic mass is 32.2. The molecule has 0 unspecified atom stereocenters. The summed E-state index contributed by atoms with van der Waals surface area (Å²) in [6.45, 7) is 5.62. The lowest BCUT2D eigenvalue weighted by atomic mass is 10.1. The predicted molar refractivity (Wildman–Crippen MR) is 132 cm³/mol. The van der Waals surface area contributed by atoms with Crippen molar-refractivity contribution >= 4 is 27.5 Å². The van der Waals surface area contributed by atoms with Crippen LogP contribution in [0.3, 0.4) is 0 Å². The van der Waals surface area contributed by atoms with Crippen molar-refractivity contribution in [3.63, 3.8) is 0 Å². The molecule has 0 heterocycles. The third-order valence-corrected chi connectivity index (χ3v) is 6.60. The minimum atomic E-state index is -3.80. The molecule has 10 heteroatoms. The maximum Gasteiger partial charge on any atom is 0.242 e. The first-order valence-corrected chi connectivity index (χ1v) is 13.3. The Morgan fingerprint density at radius 1 is 0.971 bits per heavy atom. The second kappa shape index (κ2) is 12.6. The number of nitrogens with zero attached hydrogens (tertiary/aromatic N) is 2. The van der Waals surface area contributed by atoms with E-state index in [2.05, 4.69) is 5.32 Å². The molecule has 0 saturated carbocycles. The van der Waals surface area contributed by atoms with E-state index in [9.17, 15) is 26.8 Å². The third-order valence-electron chi connectivity index (χ3n) is 5.42. The van der Waals surface area contributed by atoms with Crippen LogP contribution in [0.1, 0.15) is 39.2 Å². The van der Waals surface area contributed by atoms with E-state index in [1.165, 1.54) is 41.3 Å². The van der Waals surface area contributed by atoms with Gasteiger partial charge in [0, 0.05) is 31.6 Å². The van der Waals surface area contributed by atoms with Gasteiger partial charge in [0.2, 0.25) is 21.8 Å². The molecule has 192 valence electrons. The lowest BCUT2D eigenvalue weighted by molar-refractivity contribution is -0.140. The molecule has 0 aromatic heterocycles. The Kier molecular flexibility index (Phi) is 10.2. The molecule has 2 amide bonds. The van der Waals surface area contributed by atoms with Crippen molar-refractivity contribution in [3.8, 4) is 0 Å². The highest BCUT2D eigenvalue weighted by Crippen LogP contribution is 2.22. The fourth-order valence-corrected chi connectivity index (χ4v) is 4.45. The summed E-state index contributed by atoms with van der Waals surface area (Å²) in [6, 6.07) is 10.6. The smallest absolute Gasteiger partial charge is 0.242 e. The van der Waals surface area contributed by atoms with Crippen LogP contribution in [0.25, 0.3) is 0 Å². The van der Waals surface area contributed by atoms with Crippen molar-refractivity contribution in [2.24, 2.45) is 5.92 Å². The molecule has 1 N–H and O–H groups in total. The van der Waals surface area contributed by atoms with Crippen LogP contribution < -0.4 is 9.62 Å². The zero-order valence-electron chi connectivity index (χ0n) is 20.5. The first-order chi connectivity index (χ1) is 16.4. The number of hydrogen-bond donors (Lipinski definition) is 1. The summed E-state index contributed by atoms with van der Waals surface area (Å²) in [5.74, 6) is -1.79. The molecular formula is C25H33F2N3O4S. The fourth-order valence-electron chi connectivity index (χ4n) is 3.48. The molecule has 0 fully saturated rings. The number of rotatable bonds is 12. The Morgan fingerprint density at radius 3 is 2.14 bits per heavy atom. The number of hydrogen-bond acceptors (Lipinski definition) is 4.